The molecule has 0 aliphatic carbocycles. The van der Waals surface area contributed by atoms with E-state index >= 15 is 0 Å². The highest BCUT2D eigenvalue weighted by atomic mass is 16.3. The molecule has 1 aromatic heterocycles. The Balaban J connectivity index is 2.67. The topological polar surface area (TPSA) is 28.4 Å². The molecule has 92 valence electrons. The highest BCUT2D eigenvalue weighted by Crippen LogP contribution is 2.32. The number of benzene rings is 1. The van der Waals surface area contributed by atoms with Crippen molar-refractivity contribution < 1.29 is 5.11 Å². The molecular weight excluding hydrogens is 212 g/mol. The molecule has 0 saturated carbocycles. The van der Waals surface area contributed by atoms with Crippen molar-refractivity contribution in [1.29, 1.82) is 0 Å². The summed E-state index contributed by atoms with van der Waals surface area (Å²) in [4.78, 5) is 2.12. The summed E-state index contributed by atoms with van der Waals surface area (Å²) in [6, 6.07) is 6.12. The highest BCUT2D eigenvalue weighted by molar-refractivity contribution is 5.89. The van der Waals surface area contributed by atoms with Crippen molar-refractivity contribution in [2.45, 2.75) is 26.4 Å². The van der Waals surface area contributed by atoms with Gasteiger partial charge >= 0.3 is 0 Å². The number of phenolic OH excluding ortho intramolecular Hbond substituents is 1. The summed E-state index contributed by atoms with van der Waals surface area (Å²) in [6.45, 7) is 5.15. The Hall–Kier alpha value is -1.48. The van der Waals surface area contributed by atoms with Gasteiger partial charge in [-0.05, 0) is 45.6 Å². The van der Waals surface area contributed by atoms with E-state index in [1.54, 1.807) is 6.07 Å². The Kier molecular flexibility index (Phi) is 3.11. The lowest BCUT2D eigenvalue weighted by atomic mass is 10.1. The first-order valence-electron chi connectivity index (χ1n) is 5.97. The number of aromatic hydroxyl groups is 1. The van der Waals surface area contributed by atoms with Crippen molar-refractivity contribution in [2.24, 2.45) is 0 Å². The predicted molar refractivity (Wildman–Crippen MR) is 71.4 cm³/mol. The van der Waals surface area contributed by atoms with Gasteiger partial charge in [0.1, 0.15) is 5.75 Å². The van der Waals surface area contributed by atoms with Crippen molar-refractivity contribution in [3.8, 4) is 5.75 Å². The first-order valence-corrected chi connectivity index (χ1v) is 5.97. The standard InChI is InChI=1S/C14H20N2O/c1-10(2)16-9-11(8-15(3)4)14-12(16)6-5-7-13(14)17/h5-7,9-10,17H,8H2,1-4H3. The van der Waals surface area contributed by atoms with Crippen LogP contribution < -0.4 is 0 Å². The fourth-order valence-corrected chi connectivity index (χ4v) is 2.26. The fourth-order valence-electron chi connectivity index (χ4n) is 2.26. The SMILES string of the molecule is CC(C)n1cc(CN(C)C)c2c(O)cccc21. The Morgan fingerprint density at radius 2 is 2.00 bits per heavy atom. The first-order chi connectivity index (χ1) is 8.00. The van der Waals surface area contributed by atoms with E-state index in [4.69, 9.17) is 0 Å². The summed E-state index contributed by atoms with van der Waals surface area (Å²) in [5.74, 6) is 0.374. The van der Waals surface area contributed by atoms with Gasteiger partial charge in [-0.15, -0.1) is 0 Å². The third kappa shape index (κ3) is 2.15. The number of hydrogen-bond donors (Lipinski definition) is 1. The van der Waals surface area contributed by atoms with Crippen LogP contribution in [-0.4, -0.2) is 28.7 Å². The summed E-state index contributed by atoms with van der Waals surface area (Å²) in [5, 5.41) is 11.0. The molecule has 0 aliphatic rings. The van der Waals surface area contributed by atoms with Crippen molar-refractivity contribution in [3.63, 3.8) is 0 Å². The second kappa shape index (κ2) is 4.41. The molecule has 0 amide bonds. The van der Waals surface area contributed by atoms with Crippen LogP contribution in [0.25, 0.3) is 10.9 Å². The van der Waals surface area contributed by atoms with Gasteiger partial charge in [0.05, 0.1) is 5.52 Å². The normalized spacial score (nSPS) is 11.9. The molecule has 1 aromatic carbocycles. The summed E-state index contributed by atoms with van der Waals surface area (Å²) in [6.07, 6.45) is 2.15. The van der Waals surface area contributed by atoms with Crippen LogP contribution in [0.3, 0.4) is 0 Å². The van der Waals surface area contributed by atoms with Crippen LogP contribution >= 0.6 is 0 Å². The lowest BCUT2D eigenvalue weighted by molar-refractivity contribution is 0.402. The van der Waals surface area contributed by atoms with Gasteiger partial charge in [0.2, 0.25) is 0 Å². The highest BCUT2D eigenvalue weighted by Gasteiger charge is 2.13. The number of phenols is 1. The van der Waals surface area contributed by atoms with Gasteiger partial charge in [0.25, 0.3) is 0 Å². The first kappa shape index (κ1) is 12.0. The van der Waals surface area contributed by atoms with Gasteiger partial charge in [0.15, 0.2) is 0 Å². The Bertz CT molecular complexity index is 526. The smallest absolute Gasteiger partial charge is 0.125 e. The molecule has 0 saturated heterocycles. The second-order valence-corrected chi connectivity index (χ2v) is 5.06. The maximum atomic E-state index is 10.0. The molecule has 0 unspecified atom stereocenters. The molecule has 0 aliphatic heterocycles. The van der Waals surface area contributed by atoms with E-state index in [2.05, 4.69) is 35.6 Å². The van der Waals surface area contributed by atoms with E-state index < -0.39 is 0 Å². The third-order valence-electron chi connectivity index (χ3n) is 2.96. The molecule has 2 rings (SSSR count). The van der Waals surface area contributed by atoms with Crippen LogP contribution in [0.15, 0.2) is 24.4 Å². The molecular formula is C14H20N2O. The van der Waals surface area contributed by atoms with E-state index in [1.165, 1.54) is 5.56 Å². The van der Waals surface area contributed by atoms with Gasteiger partial charge in [-0.1, -0.05) is 6.07 Å². The van der Waals surface area contributed by atoms with E-state index in [-0.39, 0.29) is 0 Å². The minimum absolute atomic E-state index is 0.374. The van der Waals surface area contributed by atoms with Gasteiger partial charge < -0.3 is 14.6 Å². The molecule has 2 aromatic rings. The zero-order chi connectivity index (χ0) is 12.6. The Morgan fingerprint density at radius 3 is 2.59 bits per heavy atom. The summed E-state index contributed by atoms with van der Waals surface area (Å²) in [5.41, 5.74) is 2.29. The lowest BCUT2D eigenvalue weighted by Crippen LogP contribution is -2.10. The largest absolute Gasteiger partial charge is 0.507 e. The molecule has 17 heavy (non-hydrogen) atoms. The van der Waals surface area contributed by atoms with Crippen molar-refractivity contribution in [1.82, 2.24) is 9.47 Å². The van der Waals surface area contributed by atoms with Crippen molar-refractivity contribution in [3.05, 3.63) is 30.0 Å². The average molecular weight is 232 g/mol. The minimum Gasteiger partial charge on any atom is -0.507 e. The lowest BCUT2D eigenvalue weighted by Gasteiger charge is -2.09. The van der Waals surface area contributed by atoms with E-state index in [0.717, 1.165) is 17.4 Å². The maximum absolute atomic E-state index is 10.0. The number of rotatable bonds is 3. The fraction of sp³-hybridized carbons (Fsp3) is 0.429. The van der Waals surface area contributed by atoms with Gasteiger partial charge in [-0.25, -0.2) is 0 Å². The van der Waals surface area contributed by atoms with E-state index in [1.807, 2.05) is 20.2 Å². The van der Waals surface area contributed by atoms with Gasteiger partial charge in [-0.2, -0.15) is 0 Å². The van der Waals surface area contributed by atoms with Crippen LogP contribution in [0.5, 0.6) is 5.75 Å². The number of aromatic nitrogens is 1. The van der Waals surface area contributed by atoms with Crippen LogP contribution in [0.2, 0.25) is 0 Å². The van der Waals surface area contributed by atoms with Crippen LogP contribution in [0, 0.1) is 0 Å². The van der Waals surface area contributed by atoms with Gasteiger partial charge in [-0.3, -0.25) is 0 Å². The molecule has 1 heterocycles. The van der Waals surface area contributed by atoms with E-state index in [9.17, 15) is 5.11 Å². The average Bonchev–Trinajstić information content (AvgIpc) is 2.57. The quantitative estimate of drug-likeness (QED) is 0.881. The predicted octanol–water partition coefficient (Wildman–Crippen LogP) is 2.99. The van der Waals surface area contributed by atoms with Gasteiger partial charge in [0, 0.05) is 24.2 Å². The Morgan fingerprint density at radius 1 is 1.29 bits per heavy atom. The molecule has 0 atom stereocenters. The zero-order valence-electron chi connectivity index (χ0n) is 10.9. The van der Waals surface area contributed by atoms with Crippen LogP contribution in [0.1, 0.15) is 25.5 Å². The molecule has 0 bridgehead atoms. The molecule has 0 radical (unpaired) electrons. The minimum atomic E-state index is 0.374. The maximum Gasteiger partial charge on any atom is 0.125 e. The zero-order valence-corrected chi connectivity index (χ0v) is 10.9. The molecule has 0 spiro atoms. The molecule has 0 fully saturated rings. The number of fused-ring (bicyclic) bond motifs is 1. The summed E-state index contributed by atoms with van der Waals surface area (Å²) < 4.78 is 2.22. The molecule has 3 nitrogen and oxygen atoms in total. The number of hydrogen-bond acceptors (Lipinski definition) is 2. The molecule has 3 heteroatoms. The van der Waals surface area contributed by atoms with Crippen LogP contribution in [0.4, 0.5) is 0 Å². The third-order valence-corrected chi connectivity index (χ3v) is 2.96. The van der Waals surface area contributed by atoms with E-state index in [0.29, 0.717) is 11.8 Å². The number of nitrogens with zero attached hydrogens (tertiary/aromatic N) is 2. The van der Waals surface area contributed by atoms with Crippen LogP contribution in [-0.2, 0) is 6.54 Å². The molecule has 1 N–H and O–H groups in total. The van der Waals surface area contributed by atoms with Crippen molar-refractivity contribution in [2.75, 3.05) is 14.1 Å². The summed E-state index contributed by atoms with van der Waals surface area (Å²) >= 11 is 0. The van der Waals surface area contributed by atoms with Crippen molar-refractivity contribution >= 4 is 10.9 Å². The second-order valence-electron chi connectivity index (χ2n) is 5.06. The monoisotopic (exact) mass is 232 g/mol. The Labute approximate surface area is 102 Å². The summed E-state index contributed by atoms with van der Waals surface area (Å²) in [7, 11) is 4.08.